The molecule has 1 saturated heterocycles. The Labute approximate surface area is 220 Å². The molecule has 0 aliphatic carbocycles. The summed E-state index contributed by atoms with van der Waals surface area (Å²) in [5.74, 6) is 1.34. The quantitative estimate of drug-likeness (QED) is 0.315. The number of para-hydroxylation sites is 1. The first-order chi connectivity index (χ1) is 18.5. The number of rotatable bonds is 10. The van der Waals surface area contributed by atoms with Crippen LogP contribution in [-0.2, 0) is 16.1 Å². The van der Waals surface area contributed by atoms with Crippen LogP contribution in [0.3, 0.4) is 0 Å². The lowest BCUT2D eigenvalue weighted by Crippen LogP contribution is -2.30. The maximum Gasteiger partial charge on any atom is 0.251 e. The number of benzene rings is 3. The number of imidazole rings is 1. The number of hydrogen-bond acceptors (Lipinski definition) is 5. The molecule has 1 aliphatic rings. The fraction of sp³-hybridized carbons (Fsp3) is 0.241. The van der Waals surface area contributed by atoms with E-state index in [0.29, 0.717) is 59.9 Å². The summed E-state index contributed by atoms with van der Waals surface area (Å²) in [6.07, 6.45) is 2.21. The molecule has 5 rings (SSSR count). The molecule has 0 saturated carbocycles. The number of primary amides is 1. The number of aromatic nitrogens is 2. The van der Waals surface area contributed by atoms with E-state index < -0.39 is 5.91 Å². The second-order valence-electron chi connectivity index (χ2n) is 9.23. The predicted octanol–water partition coefficient (Wildman–Crippen LogP) is 3.72. The predicted molar refractivity (Wildman–Crippen MR) is 144 cm³/mol. The van der Waals surface area contributed by atoms with Gasteiger partial charge in [-0.1, -0.05) is 30.3 Å². The van der Waals surface area contributed by atoms with E-state index in [2.05, 4.69) is 5.32 Å². The Morgan fingerprint density at radius 2 is 1.82 bits per heavy atom. The molecule has 9 heteroatoms. The fourth-order valence-corrected chi connectivity index (χ4v) is 4.64. The number of amides is 3. The third-order valence-corrected chi connectivity index (χ3v) is 6.46. The van der Waals surface area contributed by atoms with Gasteiger partial charge in [0.05, 0.1) is 11.0 Å². The molecule has 3 aromatic carbocycles. The molecule has 1 aliphatic heterocycles. The zero-order valence-electron chi connectivity index (χ0n) is 20.9. The fourth-order valence-electron chi connectivity index (χ4n) is 4.64. The number of nitrogens with one attached hydrogen (secondary N) is 1. The molecule has 4 aromatic rings. The summed E-state index contributed by atoms with van der Waals surface area (Å²) in [7, 11) is 0. The van der Waals surface area contributed by atoms with Gasteiger partial charge in [0, 0.05) is 37.2 Å². The van der Waals surface area contributed by atoms with Crippen LogP contribution in [0.5, 0.6) is 11.5 Å². The topological polar surface area (TPSA) is 120 Å². The Bertz CT molecular complexity index is 1480. The van der Waals surface area contributed by atoms with Crippen molar-refractivity contribution in [3.05, 3.63) is 78.4 Å². The van der Waals surface area contributed by atoms with Crippen molar-refractivity contribution in [3.8, 4) is 22.9 Å². The second kappa shape index (κ2) is 11.2. The Balaban J connectivity index is 1.36. The second-order valence-corrected chi connectivity index (χ2v) is 9.23. The van der Waals surface area contributed by atoms with Crippen LogP contribution in [0.15, 0.2) is 72.8 Å². The number of hydrogen-bond donors (Lipinski definition) is 2. The number of ether oxygens (including phenoxy) is 1. The number of likely N-dealkylation sites (tertiary alicyclic amines) is 1. The highest BCUT2D eigenvalue weighted by molar-refractivity contribution is 5.98. The molecule has 3 N–H and O–H groups in total. The maximum atomic E-state index is 12.8. The van der Waals surface area contributed by atoms with Crippen molar-refractivity contribution < 1.29 is 19.1 Å². The van der Waals surface area contributed by atoms with Gasteiger partial charge in [0.15, 0.2) is 0 Å². The normalized spacial score (nSPS) is 13.2. The number of carbonyl (C=O) groups excluding carboxylic acids is 3. The van der Waals surface area contributed by atoms with Crippen molar-refractivity contribution in [1.82, 2.24) is 19.8 Å². The summed E-state index contributed by atoms with van der Waals surface area (Å²) in [6.45, 7) is 1.85. The van der Waals surface area contributed by atoms with Gasteiger partial charge < -0.3 is 25.3 Å². The van der Waals surface area contributed by atoms with Crippen molar-refractivity contribution in [2.45, 2.75) is 25.8 Å². The first kappa shape index (κ1) is 25.0. The molecule has 3 amide bonds. The lowest BCUT2D eigenvalue weighted by atomic mass is 10.2. The first-order valence-electron chi connectivity index (χ1n) is 12.7. The zero-order valence-corrected chi connectivity index (χ0v) is 20.9. The van der Waals surface area contributed by atoms with Crippen LogP contribution in [-0.4, -0.2) is 51.8 Å². The van der Waals surface area contributed by atoms with Gasteiger partial charge in [-0.2, -0.15) is 0 Å². The summed E-state index contributed by atoms with van der Waals surface area (Å²) in [5, 5.41) is 2.92. The summed E-state index contributed by atoms with van der Waals surface area (Å²) in [6, 6.07) is 22.1. The van der Waals surface area contributed by atoms with E-state index in [4.69, 9.17) is 15.5 Å². The molecule has 38 heavy (non-hydrogen) atoms. The molecule has 194 valence electrons. The minimum Gasteiger partial charge on any atom is -0.457 e. The molecular formula is C29H29N5O4. The lowest BCUT2D eigenvalue weighted by molar-refractivity contribution is -0.127. The molecule has 0 bridgehead atoms. The molecule has 0 unspecified atom stereocenters. The molecule has 0 spiro atoms. The van der Waals surface area contributed by atoms with Gasteiger partial charge in [-0.05, 0) is 55.3 Å². The van der Waals surface area contributed by atoms with Crippen molar-refractivity contribution in [2.24, 2.45) is 5.73 Å². The maximum absolute atomic E-state index is 12.8. The van der Waals surface area contributed by atoms with Gasteiger partial charge in [-0.3, -0.25) is 14.4 Å². The molecule has 0 radical (unpaired) electrons. The van der Waals surface area contributed by atoms with Crippen molar-refractivity contribution in [1.29, 1.82) is 0 Å². The van der Waals surface area contributed by atoms with Crippen LogP contribution in [0, 0.1) is 0 Å². The van der Waals surface area contributed by atoms with Gasteiger partial charge >= 0.3 is 0 Å². The van der Waals surface area contributed by atoms with E-state index in [1.165, 1.54) is 0 Å². The van der Waals surface area contributed by atoms with E-state index >= 15 is 0 Å². The number of nitrogens with zero attached hydrogens (tertiary/aromatic N) is 3. The van der Waals surface area contributed by atoms with Crippen LogP contribution in [0.1, 0.15) is 29.6 Å². The minimum atomic E-state index is -0.499. The molecule has 1 fully saturated rings. The smallest absolute Gasteiger partial charge is 0.251 e. The van der Waals surface area contributed by atoms with Crippen molar-refractivity contribution in [2.75, 3.05) is 19.6 Å². The lowest BCUT2D eigenvalue weighted by Gasteiger charge is -2.15. The zero-order chi connectivity index (χ0) is 26.5. The third-order valence-electron chi connectivity index (χ3n) is 6.46. The molecule has 9 nitrogen and oxygen atoms in total. The molecule has 1 aromatic heterocycles. The summed E-state index contributed by atoms with van der Waals surface area (Å²) in [5.41, 5.74) is 8.03. The Kier molecular flexibility index (Phi) is 7.35. The van der Waals surface area contributed by atoms with Gasteiger partial charge in [0.2, 0.25) is 11.8 Å². The average molecular weight is 512 g/mol. The first-order valence-corrected chi connectivity index (χ1v) is 12.7. The molecular weight excluding hydrogens is 482 g/mol. The van der Waals surface area contributed by atoms with Gasteiger partial charge in [0.25, 0.3) is 5.91 Å². The third kappa shape index (κ3) is 5.67. The monoisotopic (exact) mass is 511 g/mol. The number of fused-ring (bicyclic) bond motifs is 1. The standard InChI is InChI=1S/C29H29N5O4/c30-26(35)19-34-25-13-12-21(29(37)31-14-6-16-33-15-5-11-27(33)36)18-24(25)32-28(34)20-7-4-10-23(17-20)38-22-8-2-1-3-9-22/h1-4,7-10,12-13,17-18H,5-6,11,14-16,19H2,(H2,30,35)(H,31,37). The van der Waals surface area contributed by atoms with Gasteiger partial charge in [-0.15, -0.1) is 0 Å². The van der Waals surface area contributed by atoms with E-state index in [-0.39, 0.29) is 18.4 Å². The Morgan fingerprint density at radius 1 is 1.00 bits per heavy atom. The SMILES string of the molecule is NC(=O)Cn1c(-c2cccc(Oc3ccccc3)c2)nc2cc(C(=O)NCCCN3CCCC3=O)ccc21. The number of nitrogens with two attached hydrogens (primary N) is 1. The van der Waals surface area contributed by atoms with Crippen LogP contribution in [0.2, 0.25) is 0 Å². The Hall–Kier alpha value is -4.66. The van der Waals surface area contributed by atoms with E-state index in [9.17, 15) is 14.4 Å². The van der Waals surface area contributed by atoms with E-state index in [0.717, 1.165) is 18.5 Å². The largest absolute Gasteiger partial charge is 0.457 e. The van der Waals surface area contributed by atoms with Crippen LogP contribution >= 0.6 is 0 Å². The summed E-state index contributed by atoms with van der Waals surface area (Å²) in [4.78, 5) is 43.0. The van der Waals surface area contributed by atoms with Crippen LogP contribution in [0.4, 0.5) is 0 Å². The van der Waals surface area contributed by atoms with E-state index in [1.54, 1.807) is 22.8 Å². The average Bonchev–Trinajstić information content (AvgIpc) is 3.49. The highest BCUT2D eigenvalue weighted by Crippen LogP contribution is 2.30. The van der Waals surface area contributed by atoms with Gasteiger partial charge in [-0.25, -0.2) is 4.98 Å². The summed E-state index contributed by atoms with van der Waals surface area (Å²) < 4.78 is 7.71. The molecule has 2 heterocycles. The minimum absolute atomic E-state index is 0.0592. The van der Waals surface area contributed by atoms with Crippen molar-refractivity contribution in [3.63, 3.8) is 0 Å². The van der Waals surface area contributed by atoms with Gasteiger partial charge in [0.1, 0.15) is 23.9 Å². The van der Waals surface area contributed by atoms with E-state index in [1.807, 2.05) is 59.5 Å². The summed E-state index contributed by atoms with van der Waals surface area (Å²) >= 11 is 0. The highest BCUT2D eigenvalue weighted by atomic mass is 16.5. The van der Waals surface area contributed by atoms with Crippen molar-refractivity contribution >= 4 is 28.8 Å². The number of carbonyl (C=O) groups is 3. The molecule has 0 atom stereocenters. The Morgan fingerprint density at radius 3 is 2.58 bits per heavy atom. The highest BCUT2D eigenvalue weighted by Gasteiger charge is 2.20. The van der Waals surface area contributed by atoms with Crippen LogP contribution in [0.25, 0.3) is 22.4 Å². The van der Waals surface area contributed by atoms with Crippen LogP contribution < -0.4 is 15.8 Å².